The second kappa shape index (κ2) is 5.95. The Balaban J connectivity index is 1.58. The monoisotopic (exact) mass is 341 g/mol. The van der Waals surface area contributed by atoms with Crippen LogP contribution in [0.1, 0.15) is 17.8 Å². The van der Waals surface area contributed by atoms with Gasteiger partial charge >= 0.3 is 0 Å². The highest BCUT2D eigenvalue weighted by Gasteiger charge is 2.20. The first-order chi connectivity index (χ1) is 12.8. The highest BCUT2D eigenvalue weighted by Crippen LogP contribution is 2.28. The van der Waals surface area contributed by atoms with E-state index >= 15 is 0 Å². The van der Waals surface area contributed by atoms with Crippen LogP contribution < -0.4 is 4.90 Å². The number of aromatic nitrogens is 4. The third kappa shape index (κ3) is 2.36. The van der Waals surface area contributed by atoms with Gasteiger partial charge in [0.2, 0.25) is 5.65 Å². The summed E-state index contributed by atoms with van der Waals surface area (Å²) in [6, 6.07) is 18.8. The van der Waals surface area contributed by atoms with E-state index < -0.39 is 0 Å². The number of para-hydroxylation sites is 2. The zero-order valence-electron chi connectivity index (χ0n) is 14.6. The van der Waals surface area contributed by atoms with E-state index in [0.717, 1.165) is 47.8 Å². The minimum atomic E-state index is 0.830. The summed E-state index contributed by atoms with van der Waals surface area (Å²) in [5.41, 5.74) is 5.55. The first-order valence-electron chi connectivity index (χ1n) is 8.91. The second-order valence-corrected chi connectivity index (χ2v) is 6.62. The molecule has 0 saturated carbocycles. The van der Waals surface area contributed by atoms with Gasteiger partial charge in [0, 0.05) is 13.1 Å². The number of rotatable bonds is 2. The van der Waals surface area contributed by atoms with Crippen LogP contribution in [-0.4, -0.2) is 32.7 Å². The Morgan fingerprint density at radius 1 is 0.923 bits per heavy atom. The van der Waals surface area contributed by atoms with Crippen LogP contribution in [0.3, 0.4) is 0 Å². The van der Waals surface area contributed by atoms with Gasteiger partial charge in [-0.15, -0.1) is 10.2 Å². The molecule has 5 nitrogen and oxygen atoms in total. The molecule has 0 fully saturated rings. The van der Waals surface area contributed by atoms with Crippen molar-refractivity contribution in [1.29, 1.82) is 0 Å². The molecule has 0 amide bonds. The minimum Gasteiger partial charge on any atom is -0.349 e. The molecule has 0 atom stereocenters. The van der Waals surface area contributed by atoms with E-state index in [2.05, 4.69) is 62.0 Å². The highest BCUT2D eigenvalue weighted by atomic mass is 15.3. The standard InChI is InChI=1S/C21H19N5/c1-15-23-24-21-20(22-18-9-5-6-10-19(18)26(15)21)25-13-11-17(12-14-25)16-7-3-2-4-8-16/h2-11H,12-14H2,1H3. The lowest BCUT2D eigenvalue weighted by Crippen LogP contribution is -2.29. The number of nitrogens with zero attached hydrogens (tertiary/aromatic N) is 5. The van der Waals surface area contributed by atoms with Crippen LogP contribution in [0.2, 0.25) is 0 Å². The smallest absolute Gasteiger partial charge is 0.204 e. The molecule has 5 heteroatoms. The van der Waals surface area contributed by atoms with Crippen LogP contribution in [0.4, 0.5) is 5.82 Å². The Kier molecular flexibility index (Phi) is 3.45. The summed E-state index contributed by atoms with van der Waals surface area (Å²) < 4.78 is 2.11. The fraction of sp³-hybridized carbons (Fsp3) is 0.190. The molecule has 0 unspecified atom stereocenters. The molecule has 128 valence electrons. The fourth-order valence-electron chi connectivity index (χ4n) is 3.70. The summed E-state index contributed by atoms with van der Waals surface area (Å²) in [6.45, 7) is 3.74. The highest BCUT2D eigenvalue weighted by molar-refractivity contribution is 5.83. The average Bonchev–Trinajstić information content (AvgIpc) is 3.10. The molecule has 0 spiro atoms. The molecule has 0 saturated heterocycles. The van der Waals surface area contributed by atoms with Gasteiger partial charge in [0.05, 0.1) is 11.0 Å². The molecular weight excluding hydrogens is 322 g/mol. The van der Waals surface area contributed by atoms with Gasteiger partial charge in [0.1, 0.15) is 5.82 Å². The summed E-state index contributed by atoms with van der Waals surface area (Å²) in [6.07, 6.45) is 3.30. The minimum absolute atomic E-state index is 0.830. The summed E-state index contributed by atoms with van der Waals surface area (Å²) in [4.78, 5) is 7.21. The topological polar surface area (TPSA) is 46.3 Å². The van der Waals surface area contributed by atoms with E-state index in [-0.39, 0.29) is 0 Å². The van der Waals surface area contributed by atoms with Crippen molar-refractivity contribution in [1.82, 2.24) is 19.6 Å². The quantitative estimate of drug-likeness (QED) is 0.555. The van der Waals surface area contributed by atoms with Crippen molar-refractivity contribution in [3.05, 3.63) is 72.1 Å². The summed E-state index contributed by atoms with van der Waals surface area (Å²) in [5, 5.41) is 8.70. The van der Waals surface area contributed by atoms with Gasteiger partial charge in [-0.1, -0.05) is 48.5 Å². The van der Waals surface area contributed by atoms with Crippen molar-refractivity contribution >= 4 is 28.1 Å². The lowest BCUT2D eigenvalue weighted by Gasteiger charge is -2.28. The van der Waals surface area contributed by atoms with Crippen LogP contribution in [-0.2, 0) is 0 Å². The maximum atomic E-state index is 4.91. The number of aryl methyl sites for hydroxylation is 1. The molecule has 0 radical (unpaired) electrons. The van der Waals surface area contributed by atoms with Crippen molar-refractivity contribution < 1.29 is 0 Å². The van der Waals surface area contributed by atoms with Crippen molar-refractivity contribution in [2.45, 2.75) is 13.3 Å². The van der Waals surface area contributed by atoms with Crippen LogP contribution >= 0.6 is 0 Å². The van der Waals surface area contributed by atoms with Gasteiger partial charge < -0.3 is 4.90 Å². The first kappa shape index (κ1) is 15.1. The lowest BCUT2D eigenvalue weighted by molar-refractivity contribution is 0.818. The summed E-state index contributed by atoms with van der Waals surface area (Å²) in [7, 11) is 0. The van der Waals surface area contributed by atoms with E-state index in [1.807, 2.05) is 25.1 Å². The van der Waals surface area contributed by atoms with Crippen LogP contribution in [0, 0.1) is 6.92 Å². The molecule has 26 heavy (non-hydrogen) atoms. The zero-order chi connectivity index (χ0) is 17.5. The first-order valence-corrected chi connectivity index (χ1v) is 8.91. The number of benzene rings is 2. The van der Waals surface area contributed by atoms with Crippen LogP contribution in [0.25, 0.3) is 22.3 Å². The summed E-state index contributed by atoms with van der Waals surface area (Å²) in [5.74, 6) is 1.80. The molecule has 5 rings (SSSR count). The average molecular weight is 341 g/mol. The molecule has 2 aromatic heterocycles. The SMILES string of the molecule is Cc1nnc2c(N3CC=C(c4ccccc4)CC3)nc3ccccc3n12. The Labute approximate surface area is 151 Å². The van der Waals surface area contributed by atoms with Gasteiger partial charge in [-0.2, -0.15) is 0 Å². The van der Waals surface area contributed by atoms with Crippen LogP contribution in [0.5, 0.6) is 0 Å². The van der Waals surface area contributed by atoms with Gasteiger partial charge in [-0.05, 0) is 36.6 Å². The number of fused-ring (bicyclic) bond motifs is 3. The molecule has 1 aliphatic heterocycles. The molecule has 2 aromatic carbocycles. The Bertz CT molecular complexity index is 1130. The van der Waals surface area contributed by atoms with Crippen molar-refractivity contribution in [3.63, 3.8) is 0 Å². The second-order valence-electron chi connectivity index (χ2n) is 6.62. The molecule has 0 aliphatic carbocycles. The third-order valence-corrected chi connectivity index (χ3v) is 5.03. The molecule has 3 heterocycles. The van der Waals surface area contributed by atoms with Crippen LogP contribution in [0.15, 0.2) is 60.7 Å². The summed E-state index contributed by atoms with van der Waals surface area (Å²) >= 11 is 0. The normalized spacial score (nSPS) is 14.8. The third-order valence-electron chi connectivity index (χ3n) is 5.03. The molecular formula is C21H19N5. The largest absolute Gasteiger partial charge is 0.349 e. The van der Waals surface area contributed by atoms with Gasteiger partial charge in [0.15, 0.2) is 5.82 Å². The van der Waals surface area contributed by atoms with E-state index in [0.29, 0.717) is 0 Å². The fourth-order valence-corrected chi connectivity index (χ4v) is 3.70. The van der Waals surface area contributed by atoms with E-state index in [4.69, 9.17) is 4.98 Å². The molecule has 1 aliphatic rings. The lowest BCUT2D eigenvalue weighted by atomic mass is 10.00. The molecule has 0 N–H and O–H groups in total. The van der Waals surface area contributed by atoms with Crippen molar-refractivity contribution in [2.75, 3.05) is 18.0 Å². The van der Waals surface area contributed by atoms with E-state index in [9.17, 15) is 0 Å². The van der Waals surface area contributed by atoms with Crippen molar-refractivity contribution in [2.24, 2.45) is 0 Å². The Morgan fingerprint density at radius 3 is 2.54 bits per heavy atom. The Hall–Kier alpha value is -3.21. The number of anilines is 1. The number of hydrogen-bond donors (Lipinski definition) is 0. The van der Waals surface area contributed by atoms with Gasteiger partial charge in [0.25, 0.3) is 0 Å². The predicted octanol–water partition coefficient (Wildman–Crippen LogP) is 3.88. The van der Waals surface area contributed by atoms with Crippen molar-refractivity contribution in [3.8, 4) is 0 Å². The maximum absolute atomic E-state index is 4.91. The number of hydrogen-bond acceptors (Lipinski definition) is 4. The molecule has 4 aromatic rings. The Morgan fingerprint density at radius 2 is 1.73 bits per heavy atom. The van der Waals surface area contributed by atoms with E-state index in [1.54, 1.807) is 0 Å². The molecule has 0 bridgehead atoms. The van der Waals surface area contributed by atoms with E-state index in [1.165, 1.54) is 11.1 Å². The van der Waals surface area contributed by atoms with Gasteiger partial charge in [-0.25, -0.2) is 4.98 Å². The van der Waals surface area contributed by atoms with Gasteiger partial charge in [-0.3, -0.25) is 4.40 Å². The zero-order valence-corrected chi connectivity index (χ0v) is 14.6. The predicted molar refractivity (Wildman–Crippen MR) is 104 cm³/mol. The maximum Gasteiger partial charge on any atom is 0.204 e.